The quantitative estimate of drug-likeness (QED) is 0.795. The number of hydrogen-bond acceptors (Lipinski definition) is 7. The van der Waals surface area contributed by atoms with E-state index in [0.29, 0.717) is 5.92 Å². The van der Waals surface area contributed by atoms with Crippen LogP contribution in [0.25, 0.3) is 5.65 Å². The van der Waals surface area contributed by atoms with Crippen molar-refractivity contribution in [2.45, 2.75) is 26.2 Å². The fraction of sp³-hybridized carbons (Fsp3) is 0.412. The van der Waals surface area contributed by atoms with E-state index in [1.807, 2.05) is 13.0 Å². The topological polar surface area (TPSA) is 120 Å². The van der Waals surface area contributed by atoms with Crippen molar-refractivity contribution in [3.8, 4) is 0 Å². The number of hydrogen-bond donors (Lipinski definition) is 1. The second-order valence-electron chi connectivity index (χ2n) is 6.49. The third-order valence-electron chi connectivity index (χ3n) is 4.52. The Kier molecular flexibility index (Phi) is 5.15. The number of aryl methyl sites for hydroxylation is 1. The summed E-state index contributed by atoms with van der Waals surface area (Å²) in [7, 11) is 1.42. The summed E-state index contributed by atoms with van der Waals surface area (Å²) in [5.74, 6) is -0.350. The van der Waals surface area contributed by atoms with Gasteiger partial charge in [0.2, 0.25) is 0 Å². The molecule has 0 spiro atoms. The highest BCUT2D eigenvalue weighted by Gasteiger charge is 2.21. The summed E-state index contributed by atoms with van der Waals surface area (Å²) in [5, 5.41) is 9.44. The average Bonchev–Trinajstić information content (AvgIpc) is 3.08. The van der Waals surface area contributed by atoms with Gasteiger partial charge in [-0.05, 0) is 37.7 Å². The Morgan fingerprint density at radius 3 is 2.89 bits per heavy atom. The van der Waals surface area contributed by atoms with Gasteiger partial charge in [-0.15, -0.1) is 5.10 Å². The Morgan fingerprint density at radius 2 is 2.22 bits per heavy atom. The van der Waals surface area contributed by atoms with Crippen molar-refractivity contribution in [1.29, 1.82) is 0 Å². The molecule has 3 rings (SSSR count). The standard InChI is InChI=1S/C17H20N6O4/c1-10(2)12-6-4-11(5-7-12)8-27-16(25)19-15(24)13-14-20-21-22(3)17(26)23(14)9-18-13/h4,9,12H,1,5-8H2,2-3H3,(H,19,24,25). The zero-order valence-electron chi connectivity index (χ0n) is 15.1. The second kappa shape index (κ2) is 7.52. The van der Waals surface area contributed by atoms with E-state index in [4.69, 9.17) is 4.74 Å². The average molecular weight is 372 g/mol. The van der Waals surface area contributed by atoms with Crippen LogP contribution in [0.3, 0.4) is 0 Å². The third kappa shape index (κ3) is 3.94. The van der Waals surface area contributed by atoms with Crippen LogP contribution in [0.5, 0.6) is 0 Å². The van der Waals surface area contributed by atoms with Crippen molar-refractivity contribution in [1.82, 2.24) is 29.7 Å². The van der Waals surface area contributed by atoms with Crippen LogP contribution in [0, 0.1) is 5.92 Å². The van der Waals surface area contributed by atoms with E-state index in [9.17, 15) is 14.4 Å². The first-order valence-electron chi connectivity index (χ1n) is 8.45. The molecule has 2 heterocycles. The van der Waals surface area contributed by atoms with Gasteiger partial charge in [0, 0.05) is 7.05 Å². The molecule has 0 bridgehead atoms. The highest BCUT2D eigenvalue weighted by Crippen LogP contribution is 2.28. The Bertz CT molecular complexity index is 1000. The van der Waals surface area contributed by atoms with E-state index in [2.05, 4.69) is 27.2 Å². The zero-order chi connectivity index (χ0) is 19.6. The number of aromatic nitrogens is 5. The molecule has 1 aliphatic carbocycles. The van der Waals surface area contributed by atoms with Crippen LogP contribution >= 0.6 is 0 Å². The van der Waals surface area contributed by atoms with Crippen LogP contribution < -0.4 is 11.0 Å². The predicted octanol–water partition coefficient (Wildman–Crippen LogP) is 0.992. The third-order valence-corrected chi connectivity index (χ3v) is 4.52. The number of rotatable bonds is 4. The molecule has 1 N–H and O–H groups in total. The van der Waals surface area contributed by atoms with Crippen LogP contribution in [0.2, 0.25) is 0 Å². The first-order chi connectivity index (χ1) is 12.9. The molecular weight excluding hydrogens is 352 g/mol. The number of imide groups is 1. The van der Waals surface area contributed by atoms with Gasteiger partial charge in [-0.1, -0.05) is 23.4 Å². The number of nitrogens with one attached hydrogen (secondary N) is 1. The molecule has 10 nitrogen and oxygen atoms in total. The van der Waals surface area contributed by atoms with Crippen LogP contribution in [0.4, 0.5) is 4.79 Å². The Hall–Kier alpha value is -3.30. The molecule has 0 saturated heterocycles. The van der Waals surface area contributed by atoms with E-state index in [1.54, 1.807) is 0 Å². The number of amides is 2. The number of fused-ring (bicyclic) bond motifs is 1. The first-order valence-corrected chi connectivity index (χ1v) is 8.45. The lowest BCUT2D eigenvalue weighted by Crippen LogP contribution is -2.33. The second-order valence-corrected chi connectivity index (χ2v) is 6.49. The van der Waals surface area contributed by atoms with Crippen LogP contribution in [-0.2, 0) is 11.8 Å². The van der Waals surface area contributed by atoms with Gasteiger partial charge in [0.1, 0.15) is 12.9 Å². The van der Waals surface area contributed by atoms with Crippen LogP contribution in [0.1, 0.15) is 36.7 Å². The minimum Gasteiger partial charge on any atom is -0.445 e. The Labute approximate surface area is 154 Å². The molecule has 0 aliphatic heterocycles. The molecule has 1 aliphatic rings. The number of allylic oxidation sites excluding steroid dienone is 2. The van der Waals surface area contributed by atoms with E-state index in [0.717, 1.165) is 45.8 Å². The van der Waals surface area contributed by atoms with Gasteiger partial charge in [0.25, 0.3) is 5.91 Å². The molecule has 27 heavy (non-hydrogen) atoms. The predicted molar refractivity (Wildman–Crippen MR) is 95.1 cm³/mol. The molecule has 0 aromatic carbocycles. The van der Waals surface area contributed by atoms with Crippen molar-refractivity contribution < 1.29 is 14.3 Å². The number of carbonyl (C=O) groups is 2. The van der Waals surface area contributed by atoms with Gasteiger partial charge in [-0.2, -0.15) is 4.68 Å². The van der Waals surface area contributed by atoms with E-state index in [1.165, 1.54) is 7.05 Å². The van der Waals surface area contributed by atoms with Gasteiger partial charge in [-0.3, -0.25) is 10.1 Å². The van der Waals surface area contributed by atoms with Crippen molar-refractivity contribution in [3.63, 3.8) is 0 Å². The maximum absolute atomic E-state index is 12.2. The Balaban J connectivity index is 1.59. The van der Waals surface area contributed by atoms with Crippen LogP contribution in [-0.4, -0.2) is 43.0 Å². The summed E-state index contributed by atoms with van der Waals surface area (Å²) in [5.41, 5.74) is 1.44. The molecular formula is C17H20N6O4. The molecule has 10 heteroatoms. The minimum absolute atomic E-state index is 0.0378. The molecule has 2 aromatic rings. The summed E-state index contributed by atoms with van der Waals surface area (Å²) >= 11 is 0. The molecule has 142 valence electrons. The van der Waals surface area contributed by atoms with Crippen molar-refractivity contribution in [2.24, 2.45) is 13.0 Å². The lowest BCUT2D eigenvalue weighted by molar-refractivity contribution is 0.0923. The first kappa shape index (κ1) is 18.5. The maximum Gasteiger partial charge on any atom is 0.414 e. The summed E-state index contributed by atoms with van der Waals surface area (Å²) in [6.45, 7) is 6.10. The summed E-state index contributed by atoms with van der Waals surface area (Å²) in [4.78, 5) is 39.8. The SMILES string of the molecule is C=C(C)C1CC=C(COC(=O)NC(=O)c2ncn3c(=O)n(C)nnc23)CC1. The minimum atomic E-state index is -0.888. The van der Waals surface area contributed by atoms with Gasteiger partial charge in [0.15, 0.2) is 11.3 Å². The van der Waals surface area contributed by atoms with Crippen molar-refractivity contribution in [3.05, 3.63) is 46.3 Å². The number of nitrogens with zero attached hydrogens (tertiary/aromatic N) is 5. The number of ether oxygens (including phenoxy) is 1. The fourth-order valence-electron chi connectivity index (χ4n) is 2.85. The molecule has 1 atom stereocenters. The lowest BCUT2D eigenvalue weighted by Gasteiger charge is -2.21. The van der Waals surface area contributed by atoms with E-state index < -0.39 is 17.7 Å². The zero-order valence-corrected chi connectivity index (χ0v) is 15.1. The van der Waals surface area contributed by atoms with E-state index >= 15 is 0 Å². The molecule has 2 aromatic heterocycles. The maximum atomic E-state index is 12.2. The monoisotopic (exact) mass is 372 g/mol. The fourth-order valence-corrected chi connectivity index (χ4v) is 2.85. The highest BCUT2D eigenvalue weighted by atomic mass is 16.5. The highest BCUT2D eigenvalue weighted by molar-refractivity contribution is 6.05. The lowest BCUT2D eigenvalue weighted by atomic mass is 9.86. The molecule has 0 saturated carbocycles. The molecule has 0 fully saturated rings. The summed E-state index contributed by atoms with van der Waals surface area (Å²) < 4.78 is 7.17. The van der Waals surface area contributed by atoms with Gasteiger partial charge in [0.05, 0.1) is 0 Å². The number of alkyl carbamates (subject to hydrolysis) is 1. The molecule has 0 radical (unpaired) electrons. The summed E-state index contributed by atoms with van der Waals surface area (Å²) in [6, 6.07) is 0. The summed E-state index contributed by atoms with van der Waals surface area (Å²) in [6.07, 6.45) is 4.98. The number of carbonyl (C=O) groups excluding carboxylic acids is 2. The largest absolute Gasteiger partial charge is 0.445 e. The normalized spacial score (nSPS) is 16.7. The molecule has 2 amide bonds. The van der Waals surface area contributed by atoms with Gasteiger partial charge >= 0.3 is 11.8 Å². The van der Waals surface area contributed by atoms with Crippen molar-refractivity contribution >= 4 is 17.6 Å². The molecule has 1 unspecified atom stereocenters. The smallest absolute Gasteiger partial charge is 0.414 e. The van der Waals surface area contributed by atoms with Gasteiger partial charge in [-0.25, -0.2) is 19.0 Å². The van der Waals surface area contributed by atoms with E-state index in [-0.39, 0.29) is 17.9 Å². The van der Waals surface area contributed by atoms with Crippen molar-refractivity contribution in [2.75, 3.05) is 6.61 Å². The van der Waals surface area contributed by atoms with Gasteiger partial charge < -0.3 is 4.74 Å². The van der Waals surface area contributed by atoms with Crippen LogP contribution in [0.15, 0.2) is 34.9 Å². The number of imidazole rings is 1. The Morgan fingerprint density at radius 1 is 1.44 bits per heavy atom.